The molecule has 3 amide bonds. The Labute approximate surface area is 134 Å². The molecule has 23 heavy (non-hydrogen) atoms. The minimum absolute atomic E-state index is 0.118. The molecule has 0 radical (unpaired) electrons. The molecule has 1 aromatic rings. The van der Waals surface area contributed by atoms with Crippen LogP contribution < -0.4 is 5.32 Å². The van der Waals surface area contributed by atoms with Crippen molar-refractivity contribution in [1.82, 2.24) is 30.4 Å². The second kappa shape index (κ2) is 5.01. The normalized spacial score (nSPS) is 30.1. The molecular formula is C15H22N6O2. The first kappa shape index (κ1) is 14.6. The van der Waals surface area contributed by atoms with Crippen LogP contribution in [0.25, 0.3) is 0 Å². The smallest absolute Gasteiger partial charge is 0.323 e. The Hall–Kier alpha value is -1.99. The van der Waals surface area contributed by atoms with Gasteiger partial charge in [0.1, 0.15) is 5.54 Å². The summed E-state index contributed by atoms with van der Waals surface area (Å²) in [7, 11) is 0. The lowest BCUT2D eigenvalue weighted by Crippen LogP contribution is -2.58. The highest BCUT2D eigenvalue weighted by atomic mass is 16.2. The van der Waals surface area contributed by atoms with Crippen molar-refractivity contribution in [2.24, 2.45) is 11.8 Å². The van der Waals surface area contributed by atoms with Crippen molar-refractivity contribution in [2.75, 3.05) is 0 Å². The van der Waals surface area contributed by atoms with Crippen molar-refractivity contribution >= 4 is 11.9 Å². The van der Waals surface area contributed by atoms with Crippen molar-refractivity contribution < 1.29 is 9.59 Å². The molecule has 3 aliphatic rings. The molecule has 0 bridgehead atoms. The fourth-order valence-corrected chi connectivity index (χ4v) is 4.16. The molecule has 3 fully saturated rings. The molecule has 0 unspecified atom stereocenters. The third-order valence-electron chi connectivity index (χ3n) is 5.74. The fourth-order valence-electron chi connectivity index (χ4n) is 4.16. The lowest BCUT2D eigenvalue weighted by Gasteiger charge is -2.42. The van der Waals surface area contributed by atoms with Gasteiger partial charge in [0.2, 0.25) is 0 Å². The molecule has 1 aliphatic heterocycles. The van der Waals surface area contributed by atoms with Crippen LogP contribution >= 0.6 is 0 Å². The maximum atomic E-state index is 13.1. The standard InChI is InChI=1S/C15H22N6O2/c1-9-4-3-5-10(2)15(9)13(22)20(14(23)16-15)8-12-17-18-19-21(12)11-6-7-11/h9-11H,3-8H2,1-2H3,(H,16,23)/t9-,10-/m0/s1. The molecule has 2 heterocycles. The van der Waals surface area contributed by atoms with E-state index in [9.17, 15) is 9.59 Å². The molecule has 8 heteroatoms. The predicted molar refractivity (Wildman–Crippen MR) is 80.1 cm³/mol. The Morgan fingerprint density at radius 1 is 1.17 bits per heavy atom. The minimum Gasteiger partial charge on any atom is -0.323 e. The number of imide groups is 1. The van der Waals surface area contributed by atoms with E-state index in [2.05, 4.69) is 34.7 Å². The number of aromatic nitrogens is 4. The Kier molecular flexibility index (Phi) is 3.18. The summed E-state index contributed by atoms with van der Waals surface area (Å²) in [6, 6.07) is 0.00296. The molecule has 2 atom stereocenters. The minimum atomic E-state index is -0.757. The van der Waals surface area contributed by atoms with Gasteiger partial charge in [0.15, 0.2) is 5.82 Å². The first-order chi connectivity index (χ1) is 11.0. The van der Waals surface area contributed by atoms with Gasteiger partial charge in [-0.1, -0.05) is 20.3 Å². The molecule has 2 aliphatic carbocycles. The van der Waals surface area contributed by atoms with Crippen LogP contribution in [0.1, 0.15) is 57.8 Å². The van der Waals surface area contributed by atoms with Gasteiger partial charge in [0, 0.05) is 0 Å². The Bertz CT molecular complexity index is 642. The van der Waals surface area contributed by atoms with E-state index in [1.807, 2.05) is 0 Å². The first-order valence-electron chi connectivity index (χ1n) is 8.45. The molecule has 1 aromatic heterocycles. The summed E-state index contributed by atoms with van der Waals surface area (Å²) in [4.78, 5) is 26.9. The maximum absolute atomic E-state index is 13.1. The third kappa shape index (κ3) is 2.07. The quantitative estimate of drug-likeness (QED) is 0.847. The summed E-state index contributed by atoms with van der Waals surface area (Å²) in [6.45, 7) is 4.27. The van der Waals surface area contributed by atoms with Crippen LogP contribution in [0, 0.1) is 11.8 Å². The number of hydrogen-bond donors (Lipinski definition) is 1. The highest BCUT2D eigenvalue weighted by molar-refractivity contribution is 6.07. The fraction of sp³-hybridized carbons (Fsp3) is 0.800. The van der Waals surface area contributed by atoms with E-state index in [0.717, 1.165) is 32.1 Å². The summed E-state index contributed by atoms with van der Waals surface area (Å²) in [5.41, 5.74) is -0.757. The number of carbonyl (C=O) groups is 2. The van der Waals surface area contributed by atoms with Gasteiger partial charge in [-0.3, -0.25) is 9.69 Å². The average molecular weight is 318 g/mol. The van der Waals surface area contributed by atoms with E-state index >= 15 is 0 Å². The summed E-state index contributed by atoms with van der Waals surface area (Å²) in [6.07, 6.45) is 5.13. The van der Waals surface area contributed by atoms with Crippen molar-refractivity contribution in [3.05, 3.63) is 5.82 Å². The first-order valence-corrected chi connectivity index (χ1v) is 8.45. The predicted octanol–water partition coefficient (Wildman–Crippen LogP) is 1.25. The molecule has 2 saturated carbocycles. The molecular weight excluding hydrogens is 296 g/mol. The number of nitrogens with zero attached hydrogens (tertiary/aromatic N) is 5. The monoisotopic (exact) mass is 318 g/mol. The van der Waals surface area contributed by atoms with Crippen LogP contribution in [0.15, 0.2) is 0 Å². The second-order valence-corrected chi connectivity index (χ2v) is 7.19. The van der Waals surface area contributed by atoms with Gasteiger partial charge in [-0.25, -0.2) is 9.48 Å². The number of carbonyl (C=O) groups excluding carboxylic acids is 2. The summed E-state index contributed by atoms with van der Waals surface area (Å²) in [5, 5.41) is 14.7. The van der Waals surface area contributed by atoms with E-state index in [1.165, 1.54) is 4.90 Å². The van der Waals surface area contributed by atoms with Gasteiger partial charge >= 0.3 is 6.03 Å². The van der Waals surface area contributed by atoms with E-state index < -0.39 is 5.54 Å². The topological polar surface area (TPSA) is 93.0 Å². The largest absolute Gasteiger partial charge is 0.325 e. The maximum Gasteiger partial charge on any atom is 0.325 e. The van der Waals surface area contributed by atoms with Gasteiger partial charge in [-0.05, 0) is 47.9 Å². The second-order valence-electron chi connectivity index (χ2n) is 7.19. The van der Waals surface area contributed by atoms with Gasteiger partial charge in [-0.2, -0.15) is 0 Å². The van der Waals surface area contributed by atoms with E-state index in [4.69, 9.17) is 0 Å². The van der Waals surface area contributed by atoms with Crippen molar-refractivity contribution in [2.45, 2.75) is 64.1 Å². The number of rotatable bonds is 3. The van der Waals surface area contributed by atoms with Crippen LogP contribution in [0.4, 0.5) is 4.79 Å². The van der Waals surface area contributed by atoms with Gasteiger partial charge < -0.3 is 5.32 Å². The third-order valence-corrected chi connectivity index (χ3v) is 5.74. The van der Waals surface area contributed by atoms with Crippen LogP contribution in [-0.2, 0) is 11.3 Å². The summed E-state index contributed by atoms with van der Waals surface area (Å²) >= 11 is 0. The Morgan fingerprint density at radius 3 is 2.52 bits per heavy atom. The highest BCUT2D eigenvalue weighted by Gasteiger charge is 2.58. The number of urea groups is 1. The molecule has 0 aromatic carbocycles. The molecule has 4 rings (SSSR count). The zero-order chi connectivity index (χ0) is 16.2. The zero-order valence-electron chi connectivity index (χ0n) is 13.5. The Balaban J connectivity index is 1.61. The number of tetrazole rings is 1. The number of hydrogen-bond acceptors (Lipinski definition) is 5. The van der Waals surface area contributed by atoms with Crippen LogP contribution in [0.2, 0.25) is 0 Å². The average Bonchev–Trinajstić information content (AvgIpc) is 3.21. The van der Waals surface area contributed by atoms with Crippen LogP contribution in [-0.4, -0.2) is 42.6 Å². The highest BCUT2D eigenvalue weighted by Crippen LogP contribution is 2.42. The van der Waals surface area contributed by atoms with Crippen molar-refractivity contribution in [3.8, 4) is 0 Å². The van der Waals surface area contributed by atoms with E-state index in [1.54, 1.807) is 4.68 Å². The number of amides is 3. The molecule has 1 spiro atoms. The van der Waals surface area contributed by atoms with Crippen molar-refractivity contribution in [3.63, 3.8) is 0 Å². The Morgan fingerprint density at radius 2 is 1.87 bits per heavy atom. The lowest BCUT2D eigenvalue weighted by atomic mass is 9.67. The van der Waals surface area contributed by atoms with E-state index in [0.29, 0.717) is 11.9 Å². The summed E-state index contributed by atoms with van der Waals surface area (Å²) < 4.78 is 1.75. The van der Waals surface area contributed by atoms with E-state index in [-0.39, 0.29) is 30.3 Å². The molecule has 1 saturated heterocycles. The lowest BCUT2D eigenvalue weighted by molar-refractivity contribution is -0.137. The van der Waals surface area contributed by atoms with Gasteiger partial charge in [0.05, 0.1) is 12.6 Å². The number of nitrogens with one attached hydrogen (secondary N) is 1. The van der Waals surface area contributed by atoms with Crippen molar-refractivity contribution in [1.29, 1.82) is 0 Å². The van der Waals surface area contributed by atoms with Crippen LogP contribution in [0.5, 0.6) is 0 Å². The molecule has 1 N–H and O–H groups in total. The van der Waals surface area contributed by atoms with Crippen LogP contribution in [0.3, 0.4) is 0 Å². The van der Waals surface area contributed by atoms with Gasteiger partial charge in [-0.15, -0.1) is 5.10 Å². The van der Waals surface area contributed by atoms with Gasteiger partial charge in [0.25, 0.3) is 5.91 Å². The molecule has 8 nitrogen and oxygen atoms in total. The zero-order valence-corrected chi connectivity index (χ0v) is 13.5. The summed E-state index contributed by atoms with van der Waals surface area (Å²) in [5.74, 6) is 0.760. The molecule has 124 valence electrons. The SMILES string of the molecule is C[C@H]1CCC[C@H](C)C12NC(=O)N(Cc1nnnn1C1CC1)C2=O.